The minimum Gasteiger partial charge on any atom is -0.303 e. The van der Waals surface area contributed by atoms with Crippen molar-refractivity contribution in [2.45, 2.75) is 39.0 Å². The fraction of sp³-hybridized carbons (Fsp3) is 0.588. The van der Waals surface area contributed by atoms with Crippen molar-refractivity contribution in [1.82, 2.24) is 4.90 Å². The molecule has 0 saturated carbocycles. The van der Waals surface area contributed by atoms with E-state index in [0.29, 0.717) is 6.42 Å². The molecular formula is C17H25NO. The van der Waals surface area contributed by atoms with Gasteiger partial charge in [0.05, 0.1) is 0 Å². The maximum absolute atomic E-state index is 12.1. The van der Waals surface area contributed by atoms with E-state index in [1.165, 1.54) is 38.8 Å². The van der Waals surface area contributed by atoms with E-state index in [-0.39, 0.29) is 5.78 Å². The van der Waals surface area contributed by atoms with Crippen LogP contribution in [0, 0.1) is 5.92 Å². The summed E-state index contributed by atoms with van der Waals surface area (Å²) in [6, 6.07) is 9.66. The van der Waals surface area contributed by atoms with Gasteiger partial charge in [-0.25, -0.2) is 0 Å². The Bertz CT molecular complexity index is 388. The Balaban J connectivity index is 1.77. The summed E-state index contributed by atoms with van der Waals surface area (Å²) < 4.78 is 0. The molecule has 1 fully saturated rings. The molecule has 1 unspecified atom stereocenters. The Hall–Kier alpha value is -1.15. The molecule has 1 heterocycles. The van der Waals surface area contributed by atoms with Crippen LogP contribution in [0.3, 0.4) is 0 Å². The normalized spacial score (nSPS) is 21.0. The van der Waals surface area contributed by atoms with Gasteiger partial charge >= 0.3 is 0 Å². The summed E-state index contributed by atoms with van der Waals surface area (Å²) in [7, 11) is 0. The standard InChI is InChI=1S/C17H25NO/c1-2-15-7-6-12-18(13-10-15)14-11-17(19)16-8-4-3-5-9-16/h3-5,8-9,15H,2,6-7,10-14H2,1H3. The molecule has 1 atom stereocenters. The van der Waals surface area contributed by atoms with Crippen molar-refractivity contribution in [3.8, 4) is 0 Å². The molecule has 0 bridgehead atoms. The first-order chi connectivity index (χ1) is 9.29. The van der Waals surface area contributed by atoms with E-state index in [0.717, 1.165) is 18.0 Å². The number of ketones is 1. The van der Waals surface area contributed by atoms with Crippen molar-refractivity contribution in [2.75, 3.05) is 19.6 Å². The number of carbonyl (C=O) groups is 1. The van der Waals surface area contributed by atoms with Crippen molar-refractivity contribution in [3.05, 3.63) is 35.9 Å². The molecule has 0 spiro atoms. The molecule has 0 aliphatic carbocycles. The zero-order chi connectivity index (χ0) is 13.5. The van der Waals surface area contributed by atoms with Crippen LogP contribution in [0.25, 0.3) is 0 Å². The van der Waals surface area contributed by atoms with Gasteiger partial charge < -0.3 is 4.90 Å². The zero-order valence-electron chi connectivity index (χ0n) is 12.0. The fourth-order valence-corrected chi connectivity index (χ4v) is 2.88. The predicted octanol–water partition coefficient (Wildman–Crippen LogP) is 3.77. The molecule has 0 aromatic heterocycles. The van der Waals surface area contributed by atoms with E-state index in [1.54, 1.807) is 0 Å². The summed E-state index contributed by atoms with van der Waals surface area (Å²) in [6.07, 6.45) is 5.91. The molecule has 1 aromatic carbocycles. The zero-order valence-corrected chi connectivity index (χ0v) is 12.0. The highest BCUT2D eigenvalue weighted by Crippen LogP contribution is 2.20. The number of benzene rings is 1. The van der Waals surface area contributed by atoms with Crippen LogP contribution in [0.1, 0.15) is 49.4 Å². The van der Waals surface area contributed by atoms with Crippen LogP contribution in [0.15, 0.2) is 30.3 Å². The summed E-state index contributed by atoms with van der Waals surface area (Å²) in [5.74, 6) is 1.17. The largest absolute Gasteiger partial charge is 0.303 e. The summed E-state index contributed by atoms with van der Waals surface area (Å²) in [5.41, 5.74) is 0.851. The summed E-state index contributed by atoms with van der Waals surface area (Å²) >= 11 is 0. The maximum atomic E-state index is 12.1. The average Bonchev–Trinajstić information content (AvgIpc) is 2.70. The average molecular weight is 259 g/mol. The van der Waals surface area contributed by atoms with E-state index in [9.17, 15) is 4.79 Å². The molecule has 2 heteroatoms. The predicted molar refractivity (Wildman–Crippen MR) is 79.5 cm³/mol. The summed E-state index contributed by atoms with van der Waals surface area (Å²) in [5, 5.41) is 0. The molecule has 1 saturated heterocycles. The molecule has 0 amide bonds. The molecule has 1 aliphatic heterocycles. The Morgan fingerprint density at radius 3 is 2.74 bits per heavy atom. The van der Waals surface area contributed by atoms with Gasteiger partial charge in [-0.2, -0.15) is 0 Å². The molecule has 104 valence electrons. The van der Waals surface area contributed by atoms with Crippen LogP contribution >= 0.6 is 0 Å². The van der Waals surface area contributed by atoms with Gasteiger partial charge in [-0.15, -0.1) is 0 Å². The van der Waals surface area contributed by atoms with E-state index in [2.05, 4.69) is 11.8 Å². The van der Waals surface area contributed by atoms with Crippen molar-refractivity contribution < 1.29 is 4.79 Å². The second-order valence-electron chi connectivity index (χ2n) is 5.59. The second kappa shape index (κ2) is 7.44. The molecule has 0 radical (unpaired) electrons. The van der Waals surface area contributed by atoms with Crippen LogP contribution in [-0.4, -0.2) is 30.3 Å². The first kappa shape index (κ1) is 14.3. The van der Waals surface area contributed by atoms with Gasteiger partial charge in [0.25, 0.3) is 0 Å². The quantitative estimate of drug-likeness (QED) is 0.750. The van der Waals surface area contributed by atoms with Gasteiger partial charge in [-0.05, 0) is 38.3 Å². The summed E-state index contributed by atoms with van der Waals surface area (Å²) in [4.78, 5) is 14.5. The van der Waals surface area contributed by atoms with Crippen molar-refractivity contribution in [1.29, 1.82) is 0 Å². The Morgan fingerprint density at radius 2 is 2.00 bits per heavy atom. The first-order valence-electron chi connectivity index (χ1n) is 7.60. The second-order valence-corrected chi connectivity index (χ2v) is 5.59. The first-order valence-corrected chi connectivity index (χ1v) is 7.60. The highest BCUT2D eigenvalue weighted by Gasteiger charge is 2.16. The molecule has 1 aromatic rings. The minimum absolute atomic E-state index is 0.275. The van der Waals surface area contributed by atoms with E-state index >= 15 is 0 Å². The van der Waals surface area contributed by atoms with E-state index in [4.69, 9.17) is 0 Å². The number of hydrogen-bond acceptors (Lipinski definition) is 2. The van der Waals surface area contributed by atoms with Gasteiger partial charge in [0.2, 0.25) is 0 Å². The third-order valence-corrected chi connectivity index (χ3v) is 4.27. The third-order valence-electron chi connectivity index (χ3n) is 4.27. The van der Waals surface area contributed by atoms with Crippen LogP contribution in [-0.2, 0) is 0 Å². The molecule has 2 rings (SSSR count). The monoisotopic (exact) mass is 259 g/mol. The fourth-order valence-electron chi connectivity index (χ4n) is 2.88. The number of carbonyl (C=O) groups excluding carboxylic acids is 1. The van der Waals surface area contributed by atoms with Gasteiger partial charge in [0.15, 0.2) is 5.78 Å². The van der Waals surface area contributed by atoms with Crippen LogP contribution < -0.4 is 0 Å². The lowest BCUT2D eigenvalue weighted by atomic mass is 9.98. The SMILES string of the molecule is CCC1CCCN(CCC(=O)c2ccccc2)CC1. The lowest BCUT2D eigenvalue weighted by Crippen LogP contribution is -2.27. The van der Waals surface area contributed by atoms with E-state index < -0.39 is 0 Å². The molecule has 0 N–H and O–H groups in total. The molecule has 19 heavy (non-hydrogen) atoms. The number of nitrogens with zero attached hydrogens (tertiary/aromatic N) is 1. The smallest absolute Gasteiger partial charge is 0.164 e. The van der Waals surface area contributed by atoms with Crippen molar-refractivity contribution in [2.24, 2.45) is 5.92 Å². The van der Waals surface area contributed by atoms with Gasteiger partial charge in [-0.1, -0.05) is 43.7 Å². The van der Waals surface area contributed by atoms with Crippen LogP contribution in [0.2, 0.25) is 0 Å². The Kier molecular flexibility index (Phi) is 5.59. The topological polar surface area (TPSA) is 20.3 Å². The minimum atomic E-state index is 0.275. The molecule has 2 nitrogen and oxygen atoms in total. The van der Waals surface area contributed by atoms with Gasteiger partial charge in [-0.3, -0.25) is 4.79 Å². The lowest BCUT2D eigenvalue weighted by Gasteiger charge is -2.19. The molecule has 1 aliphatic rings. The van der Waals surface area contributed by atoms with Gasteiger partial charge in [0, 0.05) is 18.5 Å². The van der Waals surface area contributed by atoms with Crippen LogP contribution in [0.5, 0.6) is 0 Å². The number of hydrogen-bond donors (Lipinski definition) is 0. The van der Waals surface area contributed by atoms with Crippen LogP contribution in [0.4, 0.5) is 0 Å². The summed E-state index contributed by atoms with van der Waals surface area (Å²) in [6.45, 7) is 5.54. The number of rotatable bonds is 5. The van der Waals surface area contributed by atoms with Crippen molar-refractivity contribution >= 4 is 5.78 Å². The highest BCUT2D eigenvalue weighted by molar-refractivity contribution is 5.96. The maximum Gasteiger partial charge on any atom is 0.164 e. The van der Waals surface area contributed by atoms with Crippen molar-refractivity contribution in [3.63, 3.8) is 0 Å². The molecular weight excluding hydrogens is 234 g/mol. The Labute approximate surface area is 116 Å². The number of likely N-dealkylation sites (tertiary alicyclic amines) is 1. The number of Topliss-reactive ketones (excluding diaryl/α,β-unsaturated/α-hetero) is 1. The highest BCUT2D eigenvalue weighted by atomic mass is 16.1. The third kappa shape index (κ3) is 4.46. The Morgan fingerprint density at radius 1 is 1.21 bits per heavy atom. The lowest BCUT2D eigenvalue weighted by molar-refractivity contribution is 0.0964. The van der Waals surface area contributed by atoms with E-state index in [1.807, 2.05) is 30.3 Å². The van der Waals surface area contributed by atoms with Gasteiger partial charge in [0.1, 0.15) is 0 Å².